The summed E-state index contributed by atoms with van der Waals surface area (Å²) in [7, 11) is 1.25. The Labute approximate surface area is 115 Å². The highest BCUT2D eigenvalue weighted by atomic mass is 19.4. The van der Waals surface area contributed by atoms with Gasteiger partial charge in [-0.3, -0.25) is 4.79 Å². The van der Waals surface area contributed by atoms with Gasteiger partial charge in [0.15, 0.2) is 0 Å². The second kappa shape index (κ2) is 5.83. The molecule has 0 aromatic heterocycles. The van der Waals surface area contributed by atoms with Crippen LogP contribution < -0.4 is 5.32 Å². The Kier molecular flexibility index (Phi) is 4.32. The molecule has 0 radical (unpaired) electrons. The van der Waals surface area contributed by atoms with Crippen LogP contribution in [-0.4, -0.2) is 26.2 Å². The van der Waals surface area contributed by atoms with E-state index in [-0.39, 0.29) is 5.56 Å². The molecule has 110 valence electrons. The predicted octanol–water partition coefficient (Wildman–Crippen LogP) is 2.57. The highest BCUT2D eigenvalue weighted by Crippen LogP contribution is 2.39. The summed E-state index contributed by atoms with van der Waals surface area (Å²) in [5.74, 6) is -1.53. The number of esters is 1. The van der Waals surface area contributed by atoms with Crippen LogP contribution >= 0.6 is 0 Å². The molecule has 6 heteroatoms. The van der Waals surface area contributed by atoms with Gasteiger partial charge in [0, 0.05) is 12.5 Å². The number of nitrogens with one attached hydrogen (secondary N) is 1. The number of hydrogen-bond donors (Lipinski definition) is 1. The summed E-state index contributed by atoms with van der Waals surface area (Å²) >= 11 is 0. The molecule has 0 unspecified atom stereocenters. The number of piperidine rings is 1. The molecule has 1 N–H and O–H groups in total. The molecule has 0 saturated carbocycles. The average Bonchev–Trinajstić information content (AvgIpc) is 2.45. The van der Waals surface area contributed by atoms with Crippen LogP contribution in [0.1, 0.15) is 23.5 Å². The molecule has 2 rings (SSSR count). The maximum absolute atomic E-state index is 13.1. The Hall–Kier alpha value is -1.56. The molecule has 0 spiro atoms. The van der Waals surface area contributed by atoms with E-state index in [9.17, 15) is 18.0 Å². The van der Waals surface area contributed by atoms with E-state index in [0.717, 1.165) is 6.07 Å². The Balaban J connectivity index is 2.40. The maximum atomic E-state index is 13.1. The van der Waals surface area contributed by atoms with Crippen molar-refractivity contribution in [3.05, 3.63) is 35.4 Å². The Morgan fingerprint density at radius 1 is 1.35 bits per heavy atom. The molecule has 1 aliphatic rings. The Bertz CT molecular complexity index is 488. The van der Waals surface area contributed by atoms with Gasteiger partial charge in [-0.15, -0.1) is 0 Å². The van der Waals surface area contributed by atoms with E-state index in [1.54, 1.807) is 6.07 Å². The summed E-state index contributed by atoms with van der Waals surface area (Å²) in [6, 6.07) is 5.45. The molecule has 1 fully saturated rings. The predicted molar refractivity (Wildman–Crippen MR) is 67.2 cm³/mol. The highest BCUT2D eigenvalue weighted by Gasteiger charge is 2.39. The first-order chi connectivity index (χ1) is 9.45. The van der Waals surface area contributed by atoms with Gasteiger partial charge in [-0.25, -0.2) is 0 Å². The molecule has 1 aromatic rings. The number of methoxy groups -OCH3 is 1. The molecule has 1 aliphatic heterocycles. The number of ether oxygens (including phenoxy) is 1. The Morgan fingerprint density at radius 3 is 2.70 bits per heavy atom. The summed E-state index contributed by atoms with van der Waals surface area (Å²) in [6.45, 7) is 0.924. The molecule has 0 aliphatic carbocycles. The van der Waals surface area contributed by atoms with E-state index < -0.39 is 29.5 Å². The number of halogens is 3. The molecular weight excluding hydrogens is 271 g/mol. The number of rotatable bonds is 2. The minimum atomic E-state index is -4.41. The maximum Gasteiger partial charge on any atom is 0.416 e. The quantitative estimate of drug-likeness (QED) is 0.850. The van der Waals surface area contributed by atoms with Gasteiger partial charge in [0.1, 0.15) is 0 Å². The topological polar surface area (TPSA) is 38.3 Å². The van der Waals surface area contributed by atoms with Crippen molar-refractivity contribution >= 4 is 5.97 Å². The van der Waals surface area contributed by atoms with E-state index in [4.69, 9.17) is 4.74 Å². The van der Waals surface area contributed by atoms with Crippen molar-refractivity contribution in [3.8, 4) is 0 Å². The van der Waals surface area contributed by atoms with E-state index in [1.165, 1.54) is 19.2 Å². The van der Waals surface area contributed by atoms with Gasteiger partial charge in [-0.2, -0.15) is 13.2 Å². The van der Waals surface area contributed by atoms with Crippen LogP contribution in [0.4, 0.5) is 13.2 Å². The fraction of sp³-hybridized carbons (Fsp3) is 0.500. The van der Waals surface area contributed by atoms with Gasteiger partial charge in [-0.05, 0) is 24.6 Å². The van der Waals surface area contributed by atoms with Crippen molar-refractivity contribution in [3.63, 3.8) is 0 Å². The zero-order valence-electron chi connectivity index (χ0n) is 11.0. The summed E-state index contributed by atoms with van der Waals surface area (Å²) in [5, 5.41) is 3.03. The standard InChI is InChI=1S/C14H16F3NO2/c1-20-13(19)11-8-18-7-6-9(11)10-4-2-3-5-12(10)14(15,16)17/h2-5,9,11,18H,6-8H2,1H3/t9-,11-/m1/s1. The van der Waals surface area contributed by atoms with Gasteiger partial charge in [-0.1, -0.05) is 18.2 Å². The van der Waals surface area contributed by atoms with Gasteiger partial charge >= 0.3 is 12.1 Å². The Morgan fingerprint density at radius 2 is 2.05 bits per heavy atom. The molecule has 1 heterocycles. The van der Waals surface area contributed by atoms with Crippen LogP contribution in [0.3, 0.4) is 0 Å². The molecule has 0 amide bonds. The van der Waals surface area contributed by atoms with E-state index >= 15 is 0 Å². The lowest BCUT2D eigenvalue weighted by atomic mass is 9.79. The molecule has 2 atom stereocenters. The first-order valence-electron chi connectivity index (χ1n) is 6.40. The lowest BCUT2D eigenvalue weighted by Gasteiger charge is -2.32. The van der Waals surface area contributed by atoms with E-state index in [1.807, 2.05) is 0 Å². The fourth-order valence-corrected chi connectivity index (χ4v) is 2.71. The lowest BCUT2D eigenvalue weighted by Crippen LogP contribution is -2.40. The van der Waals surface area contributed by atoms with Crippen molar-refractivity contribution in [1.82, 2.24) is 5.32 Å². The van der Waals surface area contributed by atoms with Gasteiger partial charge < -0.3 is 10.1 Å². The minimum absolute atomic E-state index is 0.178. The van der Waals surface area contributed by atoms with Crippen LogP contribution in [0.25, 0.3) is 0 Å². The third-order valence-electron chi connectivity index (χ3n) is 3.65. The van der Waals surface area contributed by atoms with Crippen molar-refractivity contribution in [2.45, 2.75) is 18.5 Å². The lowest BCUT2D eigenvalue weighted by molar-refractivity contribution is -0.148. The van der Waals surface area contributed by atoms with Crippen LogP contribution in [0.5, 0.6) is 0 Å². The van der Waals surface area contributed by atoms with Gasteiger partial charge in [0.05, 0.1) is 18.6 Å². The molecule has 3 nitrogen and oxygen atoms in total. The fourth-order valence-electron chi connectivity index (χ4n) is 2.71. The number of carbonyl (C=O) groups is 1. The molecule has 1 saturated heterocycles. The summed E-state index contributed by atoms with van der Waals surface area (Å²) in [4.78, 5) is 11.8. The smallest absolute Gasteiger partial charge is 0.416 e. The number of alkyl halides is 3. The van der Waals surface area contributed by atoms with Crippen LogP contribution in [0.2, 0.25) is 0 Å². The second-order valence-corrected chi connectivity index (χ2v) is 4.81. The zero-order valence-corrected chi connectivity index (χ0v) is 11.0. The second-order valence-electron chi connectivity index (χ2n) is 4.81. The number of carbonyl (C=O) groups excluding carboxylic acids is 1. The van der Waals surface area contributed by atoms with Gasteiger partial charge in [0.2, 0.25) is 0 Å². The average molecular weight is 287 g/mol. The molecule has 20 heavy (non-hydrogen) atoms. The number of benzene rings is 1. The largest absolute Gasteiger partial charge is 0.469 e. The highest BCUT2D eigenvalue weighted by molar-refractivity contribution is 5.74. The minimum Gasteiger partial charge on any atom is -0.469 e. The third kappa shape index (κ3) is 2.95. The SMILES string of the molecule is COC(=O)[C@@H]1CNCC[C@@H]1c1ccccc1C(F)(F)F. The number of hydrogen-bond acceptors (Lipinski definition) is 3. The van der Waals surface area contributed by atoms with E-state index in [0.29, 0.717) is 19.5 Å². The zero-order chi connectivity index (χ0) is 14.8. The molecule has 0 bridgehead atoms. The monoisotopic (exact) mass is 287 g/mol. The van der Waals surface area contributed by atoms with Gasteiger partial charge in [0.25, 0.3) is 0 Å². The van der Waals surface area contributed by atoms with Crippen molar-refractivity contribution in [2.24, 2.45) is 5.92 Å². The van der Waals surface area contributed by atoms with E-state index in [2.05, 4.69) is 5.32 Å². The van der Waals surface area contributed by atoms with Crippen LogP contribution in [0.15, 0.2) is 24.3 Å². The third-order valence-corrected chi connectivity index (χ3v) is 3.65. The summed E-state index contributed by atoms with van der Waals surface area (Å²) in [6.07, 6.45) is -3.94. The van der Waals surface area contributed by atoms with Crippen LogP contribution in [0, 0.1) is 5.92 Å². The normalized spacial score (nSPS) is 23.4. The molecular formula is C14H16F3NO2. The summed E-state index contributed by atoms with van der Waals surface area (Å²) in [5.41, 5.74) is -0.488. The molecule has 1 aromatic carbocycles. The van der Waals surface area contributed by atoms with Crippen molar-refractivity contribution < 1.29 is 22.7 Å². The first kappa shape index (κ1) is 14.8. The van der Waals surface area contributed by atoms with Crippen molar-refractivity contribution in [1.29, 1.82) is 0 Å². The first-order valence-corrected chi connectivity index (χ1v) is 6.40. The van der Waals surface area contributed by atoms with Crippen molar-refractivity contribution in [2.75, 3.05) is 20.2 Å². The summed E-state index contributed by atoms with van der Waals surface area (Å²) < 4.78 is 44.0. The van der Waals surface area contributed by atoms with Crippen LogP contribution in [-0.2, 0) is 15.7 Å².